The van der Waals surface area contributed by atoms with Crippen LogP contribution >= 0.6 is 11.6 Å². The Morgan fingerprint density at radius 1 is 1.70 bits per heavy atom. The lowest BCUT2D eigenvalue weighted by molar-refractivity contribution is 0.381. The van der Waals surface area contributed by atoms with Crippen LogP contribution in [0.15, 0.2) is 16.5 Å². The highest BCUT2D eigenvalue weighted by Crippen LogP contribution is 2.18. The van der Waals surface area contributed by atoms with Gasteiger partial charge in [0.1, 0.15) is 12.4 Å². The van der Waals surface area contributed by atoms with Gasteiger partial charge in [-0.2, -0.15) is 0 Å². The molecule has 0 fully saturated rings. The van der Waals surface area contributed by atoms with Gasteiger partial charge in [0.2, 0.25) is 0 Å². The van der Waals surface area contributed by atoms with E-state index < -0.39 is 12.7 Å². The Morgan fingerprint density at radius 3 is 2.80 bits per heavy atom. The van der Waals surface area contributed by atoms with Crippen LogP contribution in [0.5, 0.6) is 0 Å². The van der Waals surface area contributed by atoms with Gasteiger partial charge in [-0.15, -0.1) is 0 Å². The highest BCUT2D eigenvalue weighted by molar-refractivity contribution is 6.28. The second kappa shape index (κ2) is 3.03. The van der Waals surface area contributed by atoms with E-state index in [0.717, 1.165) is 0 Å². The number of halogens is 2. The summed E-state index contributed by atoms with van der Waals surface area (Å²) in [6, 6.07) is 2.41. The summed E-state index contributed by atoms with van der Waals surface area (Å²) < 4.78 is 16.7. The third-order valence-corrected chi connectivity index (χ3v) is 1.33. The minimum absolute atomic E-state index is 0.235. The van der Waals surface area contributed by atoms with E-state index in [-0.39, 0.29) is 5.22 Å². The lowest BCUT2D eigenvalue weighted by Gasteiger charge is -1.99. The summed E-state index contributed by atoms with van der Waals surface area (Å²) in [7, 11) is 0. The number of alkyl halides is 1. The van der Waals surface area contributed by atoms with Crippen molar-refractivity contribution in [3.05, 3.63) is 23.1 Å². The number of rotatable bonds is 2. The van der Waals surface area contributed by atoms with Crippen molar-refractivity contribution in [1.29, 1.82) is 0 Å². The Hall–Kier alpha value is -0.540. The first kappa shape index (κ1) is 7.57. The predicted molar refractivity (Wildman–Crippen MR) is 36.6 cm³/mol. The summed E-state index contributed by atoms with van der Waals surface area (Å²) in [5, 5.41) is 0.235. The summed E-state index contributed by atoms with van der Waals surface area (Å²) in [5.74, 6) is 0.382. The van der Waals surface area contributed by atoms with E-state index in [1.807, 2.05) is 0 Å². The van der Waals surface area contributed by atoms with E-state index >= 15 is 0 Å². The zero-order chi connectivity index (χ0) is 7.56. The first-order valence-corrected chi connectivity index (χ1v) is 3.18. The van der Waals surface area contributed by atoms with Gasteiger partial charge in [0.05, 0.1) is 6.04 Å². The SMILES string of the molecule is N[C@H](CF)c1ccc(Cl)o1. The van der Waals surface area contributed by atoms with Crippen LogP contribution in [0.3, 0.4) is 0 Å². The highest BCUT2D eigenvalue weighted by atomic mass is 35.5. The van der Waals surface area contributed by atoms with Crippen LogP contribution in [-0.4, -0.2) is 6.67 Å². The molecule has 1 heterocycles. The molecule has 0 spiro atoms. The molecule has 0 aliphatic rings. The van der Waals surface area contributed by atoms with Crippen molar-refractivity contribution in [3.8, 4) is 0 Å². The van der Waals surface area contributed by atoms with Crippen molar-refractivity contribution in [2.75, 3.05) is 6.67 Å². The summed E-state index contributed by atoms with van der Waals surface area (Å²) in [4.78, 5) is 0. The fraction of sp³-hybridized carbons (Fsp3) is 0.333. The summed E-state index contributed by atoms with van der Waals surface area (Å²) in [6.45, 7) is -0.635. The van der Waals surface area contributed by atoms with Crippen molar-refractivity contribution in [2.24, 2.45) is 5.73 Å². The molecule has 0 aliphatic heterocycles. The molecule has 1 atom stereocenters. The number of hydrogen-bond acceptors (Lipinski definition) is 2. The molecule has 10 heavy (non-hydrogen) atoms. The largest absolute Gasteiger partial charge is 0.448 e. The molecule has 0 aromatic carbocycles. The molecule has 0 bridgehead atoms. The molecule has 2 nitrogen and oxygen atoms in total. The van der Waals surface area contributed by atoms with E-state index in [1.54, 1.807) is 6.07 Å². The van der Waals surface area contributed by atoms with Crippen LogP contribution in [0.1, 0.15) is 11.8 Å². The molecule has 2 N–H and O–H groups in total. The van der Waals surface area contributed by atoms with Crippen molar-refractivity contribution < 1.29 is 8.81 Å². The lowest BCUT2D eigenvalue weighted by atomic mass is 10.3. The van der Waals surface area contributed by atoms with Crippen LogP contribution in [0, 0.1) is 0 Å². The molecule has 1 aromatic heterocycles. The molecule has 0 saturated heterocycles. The molecule has 56 valence electrons. The van der Waals surface area contributed by atoms with Gasteiger partial charge in [-0.05, 0) is 23.7 Å². The van der Waals surface area contributed by atoms with Gasteiger partial charge < -0.3 is 10.2 Å². The van der Waals surface area contributed by atoms with Gasteiger partial charge >= 0.3 is 0 Å². The minimum atomic E-state index is -0.688. The normalized spacial score (nSPS) is 13.5. The molecule has 0 radical (unpaired) electrons. The Morgan fingerprint density at radius 2 is 2.40 bits per heavy atom. The van der Waals surface area contributed by atoms with Crippen LogP contribution in [-0.2, 0) is 0 Å². The molecular formula is C6H7ClFNO. The molecule has 1 rings (SSSR count). The van der Waals surface area contributed by atoms with Crippen molar-refractivity contribution >= 4 is 11.6 Å². The summed E-state index contributed by atoms with van der Waals surface area (Å²) in [5.41, 5.74) is 5.28. The van der Waals surface area contributed by atoms with Gasteiger partial charge in [0.25, 0.3) is 0 Å². The average molecular weight is 164 g/mol. The first-order chi connectivity index (χ1) is 4.74. The van der Waals surface area contributed by atoms with Crippen molar-refractivity contribution in [1.82, 2.24) is 0 Å². The monoisotopic (exact) mass is 163 g/mol. The topological polar surface area (TPSA) is 39.2 Å². The Balaban J connectivity index is 2.74. The van der Waals surface area contributed by atoms with Crippen LogP contribution in [0.4, 0.5) is 4.39 Å². The fourth-order valence-corrected chi connectivity index (χ4v) is 0.756. The zero-order valence-electron chi connectivity index (χ0n) is 5.18. The molecule has 0 unspecified atom stereocenters. The summed E-state index contributed by atoms with van der Waals surface area (Å²) >= 11 is 5.42. The standard InChI is InChI=1S/C6H7ClFNO/c7-6-2-1-5(10-6)4(9)3-8/h1-2,4H,3,9H2/t4-/m1/s1. The second-order valence-electron chi connectivity index (χ2n) is 1.90. The third-order valence-electron chi connectivity index (χ3n) is 1.13. The number of furan rings is 1. The van der Waals surface area contributed by atoms with E-state index in [1.165, 1.54) is 6.07 Å². The lowest BCUT2D eigenvalue weighted by Crippen LogP contribution is -2.10. The summed E-state index contributed by atoms with van der Waals surface area (Å²) in [6.07, 6.45) is 0. The van der Waals surface area contributed by atoms with Gasteiger partial charge in [-0.1, -0.05) is 0 Å². The number of hydrogen-bond donors (Lipinski definition) is 1. The Labute approximate surface area is 62.8 Å². The zero-order valence-corrected chi connectivity index (χ0v) is 5.94. The molecule has 1 aromatic rings. The van der Waals surface area contributed by atoms with Crippen LogP contribution in [0.25, 0.3) is 0 Å². The molecular weight excluding hydrogens is 157 g/mol. The van der Waals surface area contributed by atoms with Crippen molar-refractivity contribution in [2.45, 2.75) is 6.04 Å². The second-order valence-corrected chi connectivity index (χ2v) is 2.28. The van der Waals surface area contributed by atoms with Gasteiger partial charge in [-0.3, -0.25) is 0 Å². The van der Waals surface area contributed by atoms with Gasteiger partial charge in [0.15, 0.2) is 5.22 Å². The van der Waals surface area contributed by atoms with Gasteiger partial charge in [0, 0.05) is 0 Å². The van der Waals surface area contributed by atoms with Crippen LogP contribution in [0.2, 0.25) is 5.22 Å². The maximum atomic E-state index is 11.9. The molecule has 0 saturated carbocycles. The number of nitrogens with two attached hydrogens (primary N) is 1. The predicted octanol–water partition coefficient (Wildman–Crippen LogP) is 1.90. The Kier molecular flexibility index (Phi) is 2.29. The third kappa shape index (κ3) is 1.49. The fourth-order valence-electron chi connectivity index (χ4n) is 0.604. The maximum Gasteiger partial charge on any atom is 0.193 e. The Bertz CT molecular complexity index is 213. The smallest absolute Gasteiger partial charge is 0.193 e. The molecule has 4 heteroatoms. The quantitative estimate of drug-likeness (QED) is 0.723. The average Bonchev–Trinajstić information content (AvgIpc) is 2.34. The van der Waals surface area contributed by atoms with Gasteiger partial charge in [-0.25, -0.2) is 4.39 Å². The van der Waals surface area contributed by atoms with E-state index in [0.29, 0.717) is 5.76 Å². The molecule has 0 amide bonds. The van der Waals surface area contributed by atoms with E-state index in [2.05, 4.69) is 0 Å². The molecule has 0 aliphatic carbocycles. The van der Waals surface area contributed by atoms with Crippen molar-refractivity contribution in [3.63, 3.8) is 0 Å². The highest BCUT2D eigenvalue weighted by Gasteiger charge is 2.08. The maximum absolute atomic E-state index is 11.9. The van der Waals surface area contributed by atoms with E-state index in [4.69, 9.17) is 21.8 Å². The minimum Gasteiger partial charge on any atom is -0.448 e. The van der Waals surface area contributed by atoms with Crippen LogP contribution < -0.4 is 5.73 Å². The van der Waals surface area contributed by atoms with E-state index in [9.17, 15) is 4.39 Å². The first-order valence-electron chi connectivity index (χ1n) is 2.81.